The Morgan fingerprint density at radius 1 is 1.10 bits per heavy atom. The molecule has 2 aromatic rings. The van der Waals surface area contributed by atoms with E-state index >= 15 is 0 Å². The first kappa shape index (κ1) is 20.8. The molecule has 7 heteroatoms. The minimum absolute atomic E-state index is 0.112. The molecule has 29 heavy (non-hydrogen) atoms. The average molecular weight is 502 g/mol. The number of nitrogens with zero attached hydrogens (tertiary/aromatic N) is 1. The second kappa shape index (κ2) is 8.60. The normalized spacial score (nSPS) is 15.5. The summed E-state index contributed by atoms with van der Waals surface area (Å²) >= 11 is 2.12. The molecule has 0 atom stereocenters. The van der Waals surface area contributed by atoms with Crippen LogP contribution in [0.25, 0.3) is 6.08 Å². The molecule has 2 aromatic carbocycles. The van der Waals surface area contributed by atoms with Crippen LogP contribution >= 0.6 is 22.6 Å². The zero-order chi connectivity index (χ0) is 21.1. The Morgan fingerprint density at radius 3 is 2.41 bits per heavy atom. The topological polar surface area (TPSA) is 75.7 Å². The van der Waals surface area contributed by atoms with E-state index in [2.05, 4.69) is 34.5 Å². The van der Waals surface area contributed by atoms with Crippen LogP contribution in [0.5, 0.6) is 5.75 Å². The highest BCUT2D eigenvalue weighted by atomic mass is 127. The summed E-state index contributed by atoms with van der Waals surface area (Å²) in [6, 6.07) is 9.94. The number of carbonyl (C=O) groups is 3. The van der Waals surface area contributed by atoms with E-state index in [1.54, 1.807) is 36.4 Å². The predicted molar refractivity (Wildman–Crippen MR) is 120 cm³/mol. The van der Waals surface area contributed by atoms with Crippen molar-refractivity contribution < 1.29 is 19.1 Å². The molecule has 1 N–H and O–H groups in total. The van der Waals surface area contributed by atoms with Gasteiger partial charge in [-0.15, -0.1) is 0 Å². The van der Waals surface area contributed by atoms with E-state index in [0.29, 0.717) is 23.6 Å². The van der Waals surface area contributed by atoms with Crippen molar-refractivity contribution >= 4 is 52.2 Å². The summed E-state index contributed by atoms with van der Waals surface area (Å²) in [5.74, 6) is -0.701. The number of imide groups is 2. The zero-order valence-electron chi connectivity index (χ0n) is 16.0. The van der Waals surface area contributed by atoms with Crippen LogP contribution in [0.2, 0.25) is 0 Å². The van der Waals surface area contributed by atoms with Crippen LogP contribution < -0.4 is 15.0 Å². The number of halogens is 1. The fourth-order valence-electron chi connectivity index (χ4n) is 3.01. The lowest BCUT2D eigenvalue weighted by atomic mass is 10.1. The van der Waals surface area contributed by atoms with Gasteiger partial charge in [0.2, 0.25) is 0 Å². The summed E-state index contributed by atoms with van der Waals surface area (Å²) in [4.78, 5) is 38.7. The number of carbonyl (C=O) groups excluding carboxylic acids is 3. The number of rotatable bonds is 5. The Bertz CT molecular complexity index is 1040. The third-order valence-corrected chi connectivity index (χ3v) is 5.03. The van der Waals surface area contributed by atoms with Gasteiger partial charge in [0.25, 0.3) is 11.8 Å². The number of hydrogen-bond donors (Lipinski definition) is 1. The molecule has 0 bridgehead atoms. The lowest BCUT2D eigenvalue weighted by Crippen LogP contribution is -2.54. The number of nitrogens with one attached hydrogen (secondary N) is 1. The first-order valence-electron chi connectivity index (χ1n) is 8.83. The molecule has 6 nitrogen and oxygen atoms in total. The number of urea groups is 1. The van der Waals surface area contributed by atoms with Gasteiger partial charge in [-0.25, -0.2) is 9.69 Å². The Kier molecular flexibility index (Phi) is 6.17. The molecule has 0 radical (unpaired) electrons. The first-order valence-corrected chi connectivity index (χ1v) is 9.91. The monoisotopic (exact) mass is 502 g/mol. The fourth-order valence-corrected chi connectivity index (χ4v) is 3.71. The van der Waals surface area contributed by atoms with Crippen molar-refractivity contribution in [1.29, 1.82) is 0 Å². The standard InChI is InChI=1S/C22H19IN2O4/c1-4-7-29-19-6-5-15(12-18(19)23)11-17-20(26)24-22(28)25(21(17)27)16-9-13(2)8-14(3)10-16/h4-6,8-12H,1,7H2,2-3H3,(H,24,26,28)/b17-11+. The SMILES string of the molecule is C=CCOc1ccc(/C=C2\C(=O)NC(=O)N(c3cc(C)cc(C)c3)C2=O)cc1I. The van der Waals surface area contributed by atoms with Gasteiger partial charge in [-0.3, -0.25) is 14.9 Å². The summed E-state index contributed by atoms with van der Waals surface area (Å²) in [6.45, 7) is 7.75. The van der Waals surface area contributed by atoms with Crippen molar-refractivity contribution in [3.05, 3.63) is 74.9 Å². The summed E-state index contributed by atoms with van der Waals surface area (Å²) in [5, 5.41) is 2.24. The molecular weight excluding hydrogens is 483 g/mol. The van der Waals surface area contributed by atoms with Gasteiger partial charge >= 0.3 is 6.03 Å². The van der Waals surface area contributed by atoms with Crippen LogP contribution in [0.15, 0.2) is 54.6 Å². The number of benzene rings is 2. The van der Waals surface area contributed by atoms with E-state index in [1.807, 2.05) is 19.9 Å². The lowest BCUT2D eigenvalue weighted by molar-refractivity contribution is -0.122. The molecule has 4 amide bonds. The highest BCUT2D eigenvalue weighted by Gasteiger charge is 2.36. The van der Waals surface area contributed by atoms with Gasteiger partial charge in [-0.1, -0.05) is 24.8 Å². The van der Waals surface area contributed by atoms with Gasteiger partial charge in [0.1, 0.15) is 17.9 Å². The molecule has 1 heterocycles. The van der Waals surface area contributed by atoms with Crippen molar-refractivity contribution in [1.82, 2.24) is 5.32 Å². The second-order valence-electron chi connectivity index (χ2n) is 6.59. The van der Waals surface area contributed by atoms with Gasteiger partial charge in [0.15, 0.2) is 0 Å². The smallest absolute Gasteiger partial charge is 0.335 e. The van der Waals surface area contributed by atoms with E-state index in [0.717, 1.165) is 19.6 Å². The maximum atomic E-state index is 13.0. The van der Waals surface area contributed by atoms with E-state index in [4.69, 9.17) is 4.74 Å². The molecule has 0 unspecified atom stereocenters. The number of barbiturate groups is 1. The first-order chi connectivity index (χ1) is 13.8. The largest absolute Gasteiger partial charge is 0.488 e. The van der Waals surface area contributed by atoms with E-state index < -0.39 is 17.8 Å². The minimum atomic E-state index is -0.759. The zero-order valence-corrected chi connectivity index (χ0v) is 18.1. The van der Waals surface area contributed by atoms with Crippen molar-refractivity contribution in [2.75, 3.05) is 11.5 Å². The number of hydrogen-bond acceptors (Lipinski definition) is 4. The highest BCUT2D eigenvalue weighted by Crippen LogP contribution is 2.26. The highest BCUT2D eigenvalue weighted by molar-refractivity contribution is 14.1. The number of anilines is 1. The molecule has 0 aromatic heterocycles. The van der Waals surface area contributed by atoms with Crippen LogP contribution in [0, 0.1) is 17.4 Å². The second-order valence-corrected chi connectivity index (χ2v) is 7.76. The molecule has 1 aliphatic heterocycles. The molecule has 0 saturated carbocycles. The van der Waals surface area contributed by atoms with E-state index in [9.17, 15) is 14.4 Å². The number of ether oxygens (including phenoxy) is 1. The lowest BCUT2D eigenvalue weighted by Gasteiger charge is -2.27. The minimum Gasteiger partial charge on any atom is -0.488 e. The molecule has 1 saturated heterocycles. The van der Waals surface area contributed by atoms with Gasteiger partial charge in [0.05, 0.1) is 9.26 Å². The average Bonchev–Trinajstić information content (AvgIpc) is 2.63. The van der Waals surface area contributed by atoms with E-state index in [-0.39, 0.29) is 5.57 Å². The third kappa shape index (κ3) is 4.56. The molecule has 0 spiro atoms. The molecule has 1 aliphatic rings. The summed E-state index contributed by atoms with van der Waals surface area (Å²) in [5.41, 5.74) is 2.78. The summed E-state index contributed by atoms with van der Waals surface area (Å²) in [6.07, 6.45) is 3.12. The Balaban J connectivity index is 1.97. The van der Waals surface area contributed by atoms with Gasteiger partial charge in [0, 0.05) is 0 Å². The van der Waals surface area contributed by atoms with Crippen molar-refractivity contribution in [2.45, 2.75) is 13.8 Å². The van der Waals surface area contributed by atoms with Gasteiger partial charge in [-0.05, 0) is 83.5 Å². The van der Waals surface area contributed by atoms with Gasteiger partial charge < -0.3 is 4.74 Å². The summed E-state index contributed by atoms with van der Waals surface area (Å²) < 4.78 is 6.36. The van der Waals surface area contributed by atoms with E-state index in [1.165, 1.54) is 6.08 Å². The molecule has 0 aliphatic carbocycles. The Morgan fingerprint density at radius 2 is 1.79 bits per heavy atom. The van der Waals surface area contributed by atoms with Crippen LogP contribution in [-0.4, -0.2) is 24.5 Å². The quantitative estimate of drug-likeness (QED) is 0.289. The van der Waals surface area contributed by atoms with Crippen molar-refractivity contribution in [3.63, 3.8) is 0 Å². The molecule has 3 rings (SSSR count). The maximum absolute atomic E-state index is 13.0. The predicted octanol–water partition coefficient (Wildman–Crippen LogP) is 4.14. The third-order valence-electron chi connectivity index (χ3n) is 4.19. The summed E-state index contributed by atoms with van der Waals surface area (Å²) in [7, 11) is 0. The number of amides is 4. The molecule has 1 fully saturated rings. The van der Waals surface area contributed by atoms with Gasteiger partial charge in [-0.2, -0.15) is 0 Å². The van der Waals surface area contributed by atoms with Crippen LogP contribution in [0.1, 0.15) is 16.7 Å². The van der Waals surface area contributed by atoms with Crippen molar-refractivity contribution in [2.24, 2.45) is 0 Å². The Labute approximate surface area is 182 Å². The number of aryl methyl sites for hydroxylation is 2. The fraction of sp³-hybridized carbons (Fsp3) is 0.136. The van der Waals surface area contributed by atoms with Crippen LogP contribution in [0.3, 0.4) is 0 Å². The Hall–Kier alpha value is -2.94. The van der Waals surface area contributed by atoms with Crippen molar-refractivity contribution in [3.8, 4) is 5.75 Å². The maximum Gasteiger partial charge on any atom is 0.335 e. The van der Waals surface area contributed by atoms with Crippen LogP contribution in [-0.2, 0) is 9.59 Å². The molecule has 148 valence electrons. The molecular formula is C22H19IN2O4. The van der Waals surface area contributed by atoms with Crippen LogP contribution in [0.4, 0.5) is 10.5 Å².